The third-order valence-corrected chi connectivity index (χ3v) is 7.41. The first-order chi connectivity index (χ1) is 19.0. The van der Waals surface area contributed by atoms with Gasteiger partial charge in [-0.05, 0) is 30.7 Å². The van der Waals surface area contributed by atoms with Gasteiger partial charge in [0, 0.05) is 17.3 Å². The van der Waals surface area contributed by atoms with Crippen LogP contribution in [-0.2, 0) is 10.0 Å². The van der Waals surface area contributed by atoms with Crippen molar-refractivity contribution in [2.24, 2.45) is 5.10 Å². The Morgan fingerprint density at radius 3 is 1.87 bits per heavy atom. The summed E-state index contributed by atoms with van der Waals surface area (Å²) >= 11 is 0. The van der Waals surface area contributed by atoms with Crippen LogP contribution in [-0.4, -0.2) is 29.8 Å². The van der Waals surface area contributed by atoms with E-state index in [1.807, 2.05) is 104 Å². The molecule has 192 valence electrons. The Morgan fingerprint density at radius 2 is 1.26 bits per heavy atom. The lowest BCUT2D eigenvalue weighted by atomic mass is 10.0. The minimum Gasteiger partial charge on any atom is -0.207 e. The molecule has 0 aliphatic rings. The quantitative estimate of drug-likeness (QED) is 0.171. The third-order valence-electron chi connectivity index (χ3n) is 5.83. The maximum absolute atomic E-state index is 13.8. The molecular formula is C31H25N5O2S. The fourth-order valence-electron chi connectivity index (χ4n) is 3.83. The smallest absolute Gasteiger partial charge is 0.207 e. The second-order valence-corrected chi connectivity index (χ2v) is 10.4. The Labute approximate surface area is 227 Å². The van der Waals surface area contributed by atoms with Crippen LogP contribution in [0.3, 0.4) is 0 Å². The Hall–Kier alpha value is -4.95. The van der Waals surface area contributed by atoms with Gasteiger partial charge in [-0.2, -0.15) is 13.5 Å². The van der Waals surface area contributed by atoms with Gasteiger partial charge in [0.2, 0.25) is 0 Å². The van der Waals surface area contributed by atoms with Crippen molar-refractivity contribution >= 4 is 28.3 Å². The van der Waals surface area contributed by atoms with Gasteiger partial charge in [0.25, 0.3) is 16.0 Å². The second kappa shape index (κ2) is 11.6. The molecule has 0 bridgehead atoms. The summed E-state index contributed by atoms with van der Waals surface area (Å²) < 4.78 is 28.4. The molecule has 0 unspecified atom stereocenters. The van der Waals surface area contributed by atoms with Crippen molar-refractivity contribution in [1.29, 1.82) is 0 Å². The molecule has 5 aromatic rings. The summed E-state index contributed by atoms with van der Waals surface area (Å²) in [4.78, 5) is 4.77. The molecule has 8 heteroatoms. The molecule has 5 rings (SSSR count). The summed E-state index contributed by atoms with van der Waals surface area (Å²) in [6.07, 6.45) is 4.89. The highest BCUT2D eigenvalue weighted by atomic mass is 32.2. The van der Waals surface area contributed by atoms with E-state index in [0.717, 1.165) is 26.7 Å². The lowest BCUT2D eigenvalue weighted by Crippen LogP contribution is -2.28. The molecule has 1 heterocycles. The zero-order valence-corrected chi connectivity index (χ0v) is 22.0. The molecule has 0 N–H and O–H groups in total. The fourth-order valence-corrected chi connectivity index (χ4v) is 4.99. The number of rotatable bonds is 8. The molecule has 1 aromatic heterocycles. The molecule has 7 nitrogen and oxygen atoms in total. The van der Waals surface area contributed by atoms with Crippen molar-refractivity contribution < 1.29 is 8.42 Å². The third kappa shape index (κ3) is 5.97. The Kier molecular flexibility index (Phi) is 7.65. The van der Waals surface area contributed by atoms with Crippen LogP contribution in [0.1, 0.15) is 11.1 Å². The average molecular weight is 532 g/mol. The van der Waals surface area contributed by atoms with Crippen LogP contribution >= 0.6 is 0 Å². The van der Waals surface area contributed by atoms with Gasteiger partial charge >= 0.3 is 0 Å². The Bertz CT molecular complexity index is 1710. The normalized spacial score (nSPS) is 11.7. The first-order valence-corrected chi connectivity index (χ1v) is 13.7. The fraction of sp³-hybridized carbons (Fsp3) is 0.0323. The molecule has 0 aliphatic carbocycles. The van der Waals surface area contributed by atoms with Crippen molar-refractivity contribution in [3.05, 3.63) is 132 Å². The highest BCUT2D eigenvalue weighted by Gasteiger charge is 2.28. The predicted molar refractivity (Wildman–Crippen MR) is 156 cm³/mol. The standard InChI is InChI=1S/C31H25N5O2S/c1-24-19-21-28(22-20-24)39(37,38)36(32-23-11-14-25-12-5-2-6-13-25)31-33-29(26-15-7-3-8-16-26)30(34-35-31)27-17-9-4-10-18-27/h2-23H,1H3. The molecule has 0 saturated heterocycles. The summed E-state index contributed by atoms with van der Waals surface area (Å²) in [7, 11) is -4.16. The van der Waals surface area contributed by atoms with Gasteiger partial charge in [0.05, 0.1) is 4.90 Å². The van der Waals surface area contributed by atoms with Crippen molar-refractivity contribution in [2.75, 3.05) is 4.41 Å². The zero-order valence-electron chi connectivity index (χ0n) is 21.2. The van der Waals surface area contributed by atoms with Gasteiger partial charge in [0.1, 0.15) is 11.4 Å². The molecule has 39 heavy (non-hydrogen) atoms. The molecule has 0 saturated carbocycles. The van der Waals surface area contributed by atoms with Crippen LogP contribution in [0.25, 0.3) is 28.6 Å². The van der Waals surface area contributed by atoms with E-state index in [2.05, 4.69) is 15.3 Å². The van der Waals surface area contributed by atoms with Crippen LogP contribution in [0, 0.1) is 6.92 Å². The maximum Gasteiger partial charge on any atom is 0.286 e. The highest BCUT2D eigenvalue weighted by Crippen LogP contribution is 2.31. The lowest BCUT2D eigenvalue weighted by molar-refractivity contribution is 0.590. The molecule has 0 atom stereocenters. The van der Waals surface area contributed by atoms with Crippen molar-refractivity contribution in [2.45, 2.75) is 11.8 Å². The van der Waals surface area contributed by atoms with Gasteiger partial charge < -0.3 is 0 Å². The maximum atomic E-state index is 13.8. The molecule has 4 aromatic carbocycles. The average Bonchev–Trinajstić information content (AvgIpc) is 2.98. The van der Waals surface area contributed by atoms with E-state index in [1.165, 1.54) is 18.3 Å². The first-order valence-electron chi connectivity index (χ1n) is 12.3. The SMILES string of the molecule is Cc1ccc(S(=O)(=O)N(N=CC=Cc2ccccc2)c2nnc(-c3ccccc3)c(-c3ccccc3)n2)cc1. The zero-order chi connectivity index (χ0) is 27.1. The largest absolute Gasteiger partial charge is 0.286 e. The Morgan fingerprint density at radius 1 is 0.692 bits per heavy atom. The number of aryl methyl sites for hydroxylation is 1. The number of aromatic nitrogens is 3. The summed E-state index contributed by atoms with van der Waals surface area (Å²) in [5, 5.41) is 13.0. The van der Waals surface area contributed by atoms with E-state index >= 15 is 0 Å². The molecule has 0 aliphatic heterocycles. The van der Waals surface area contributed by atoms with Crippen molar-refractivity contribution in [3.63, 3.8) is 0 Å². The number of nitrogens with zero attached hydrogens (tertiary/aromatic N) is 5. The van der Waals surface area contributed by atoms with Crippen molar-refractivity contribution in [1.82, 2.24) is 15.2 Å². The minimum absolute atomic E-state index is 0.0642. The number of hydrogen-bond acceptors (Lipinski definition) is 6. The van der Waals surface area contributed by atoms with E-state index in [9.17, 15) is 8.42 Å². The van der Waals surface area contributed by atoms with E-state index in [4.69, 9.17) is 4.98 Å². The number of benzene rings is 4. The van der Waals surface area contributed by atoms with E-state index in [1.54, 1.807) is 18.2 Å². The van der Waals surface area contributed by atoms with E-state index in [-0.39, 0.29) is 10.8 Å². The van der Waals surface area contributed by atoms with Gasteiger partial charge in [-0.15, -0.1) is 14.6 Å². The summed E-state index contributed by atoms with van der Waals surface area (Å²) in [6, 6.07) is 35.2. The molecule has 0 amide bonds. The number of sulfonamides is 1. The van der Waals surface area contributed by atoms with E-state index in [0.29, 0.717) is 11.4 Å². The molecule has 0 spiro atoms. The number of anilines is 1. The summed E-state index contributed by atoms with van der Waals surface area (Å²) in [5.41, 5.74) is 4.50. The topological polar surface area (TPSA) is 88.4 Å². The lowest BCUT2D eigenvalue weighted by Gasteiger charge is -2.18. The van der Waals surface area contributed by atoms with Gasteiger partial charge in [-0.3, -0.25) is 0 Å². The van der Waals surface area contributed by atoms with Crippen LogP contribution in [0.15, 0.2) is 131 Å². The first kappa shape index (κ1) is 25.7. The van der Waals surface area contributed by atoms with Crippen LogP contribution < -0.4 is 4.41 Å². The van der Waals surface area contributed by atoms with Crippen LogP contribution in [0.2, 0.25) is 0 Å². The van der Waals surface area contributed by atoms with Gasteiger partial charge in [-0.1, -0.05) is 115 Å². The number of hydrazone groups is 1. The summed E-state index contributed by atoms with van der Waals surface area (Å²) in [6.45, 7) is 1.89. The molecule has 0 fully saturated rings. The summed E-state index contributed by atoms with van der Waals surface area (Å²) in [5.74, 6) is -0.168. The minimum atomic E-state index is -4.16. The highest BCUT2D eigenvalue weighted by molar-refractivity contribution is 7.92. The van der Waals surface area contributed by atoms with E-state index < -0.39 is 10.0 Å². The van der Waals surface area contributed by atoms with Crippen molar-refractivity contribution in [3.8, 4) is 22.5 Å². The van der Waals surface area contributed by atoms with Crippen LogP contribution in [0.5, 0.6) is 0 Å². The van der Waals surface area contributed by atoms with Crippen LogP contribution in [0.4, 0.5) is 5.95 Å². The predicted octanol–water partition coefficient (Wildman–Crippen LogP) is 6.41. The number of hydrogen-bond donors (Lipinski definition) is 0. The van der Waals surface area contributed by atoms with Gasteiger partial charge in [0.15, 0.2) is 0 Å². The molecule has 0 radical (unpaired) electrons. The molecular weight excluding hydrogens is 506 g/mol. The second-order valence-electron chi connectivity index (χ2n) is 8.64. The Balaban J connectivity index is 1.63. The van der Waals surface area contributed by atoms with Gasteiger partial charge in [-0.25, -0.2) is 4.98 Å². The number of allylic oxidation sites excluding steroid dienone is 1. The monoisotopic (exact) mass is 531 g/mol.